The van der Waals surface area contributed by atoms with Gasteiger partial charge in [0.2, 0.25) is 0 Å². The number of hydrazone groups is 1. The van der Waals surface area contributed by atoms with Gasteiger partial charge in [-0.25, -0.2) is 0 Å². The van der Waals surface area contributed by atoms with Crippen LogP contribution in [0.2, 0.25) is 0 Å². The number of rotatable bonds is 7. The Morgan fingerprint density at radius 2 is 1.46 bits per heavy atom. The Balaban J connectivity index is 1.94. The molecule has 0 radical (unpaired) electrons. The highest BCUT2D eigenvalue weighted by atomic mass is 16.5. The molecule has 0 amide bonds. The minimum absolute atomic E-state index is 0.727. The topological polar surface area (TPSA) is 24.8 Å². The second kappa shape index (κ2) is 8.86. The molecular weight excluding hydrogens is 320 g/mol. The van der Waals surface area contributed by atoms with E-state index < -0.39 is 0 Å². The lowest BCUT2D eigenvalue weighted by molar-refractivity contribution is 0.415. The Hall–Kier alpha value is -3.07. The molecule has 0 unspecified atom stereocenters. The highest BCUT2D eigenvalue weighted by molar-refractivity contribution is 6.01. The summed E-state index contributed by atoms with van der Waals surface area (Å²) in [5.41, 5.74) is 4.47. The van der Waals surface area contributed by atoms with Crippen LogP contribution < -0.4 is 9.75 Å². The van der Waals surface area contributed by atoms with E-state index in [1.54, 1.807) is 7.11 Å². The van der Waals surface area contributed by atoms with Gasteiger partial charge in [0.1, 0.15) is 5.75 Å². The second-order valence-electron chi connectivity index (χ2n) is 6.01. The molecule has 0 aliphatic carbocycles. The van der Waals surface area contributed by atoms with Crippen molar-refractivity contribution in [3.05, 3.63) is 96.1 Å². The van der Waals surface area contributed by atoms with Crippen LogP contribution in [-0.2, 0) is 6.54 Å². The summed E-state index contributed by atoms with van der Waals surface area (Å²) in [7, 11) is 1.68. The smallest absolute Gasteiger partial charge is 0.118 e. The maximum absolute atomic E-state index is 5.26. The maximum atomic E-state index is 5.26. The van der Waals surface area contributed by atoms with Gasteiger partial charge >= 0.3 is 0 Å². The van der Waals surface area contributed by atoms with Gasteiger partial charge in [-0.3, -0.25) is 5.01 Å². The molecule has 3 heteroatoms. The van der Waals surface area contributed by atoms with E-state index in [4.69, 9.17) is 9.84 Å². The van der Waals surface area contributed by atoms with Gasteiger partial charge in [0.05, 0.1) is 25.1 Å². The normalized spacial score (nSPS) is 11.2. The molecule has 0 aliphatic rings. The molecular formula is C23H24N2O. The van der Waals surface area contributed by atoms with Gasteiger partial charge in [-0.05, 0) is 53.9 Å². The summed E-state index contributed by atoms with van der Waals surface area (Å²) in [4.78, 5) is 0. The number of benzene rings is 3. The van der Waals surface area contributed by atoms with Crippen LogP contribution in [0.5, 0.6) is 5.75 Å². The first-order valence-electron chi connectivity index (χ1n) is 8.88. The van der Waals surface area contributed by atoms with Gasteiger partial charge in [-0.2, -0.15) is 5.10 Å². The number of methoxy groups -OCH3 is 1. The minimum Gasteiger partial charge on any atom is -0.497 e. The second-order valence-corrected chi connectivity index (χ2v) is 6.01. The largest absolute Gasteiger partial charge is 0.497 e. The maximum Gasteiger partial charge on any atom is 0.118 e. The van der Waals surface area contributed by atoms with E-state index in [0.717, 1.165) is 35.7 Å². The summed E-state index contributed by atoms with van der Waals surface area (Å²) >= 11 is 0. The lowest BCUT2D eigenvalue weighted by Crippen LogP contribution is -2.19. The third kappa shape index (κ3) is 4.51. The van der Waals surface area contributed by atoms with Crippen molar-refractivity contribution in [2.24, 2.45) is 5.10 Å². The van der Waals surface area contributed by atoms with Crippen LogP contribution in [0.15, 0.2) is 90.0 Å². The Bertz CT molecular complexity index is 827. The molecule has 0 aromatic heterocycles. The Morgan fingerprint density at radius 3 is 2.04 bits per heavy atom. The zero-order valence-corrected chi connectivity index (χ0v) is 15.3. The molecule has 0 bridgehead atoms. The molecule has 132 valence electrons. The molecule has 0 N–H and O–H groups in total. The predicted octanol–water partition coefficient (Wildman–Crippen LogP) is 5.52. The van der Waals surface area contributed by atoms with Gasteiger partial charge in [-0.1, -0.05) is 55.5 Å². The van der Waals surface area contributed by atoms with Crippen molar-refractivity contribution in [2.75, 3.05) is 12.1 Å². The number of anilines is 1. The lowest BCUT2D eigenvalue weighted by atomic mass is 10.1. The van der Waals surface area contributed by atoms with Crippen LogP contribution in [0.25, 0.3) is 0 Å². The molecule has 0 spiro atoms. The Kier molecular flexibility index (Phi) is 6.05. The molecule has 3 aromatic rings. The quantitative estimate of drug-likeness (QED) is 0.417. The van der Waals surface area contributed by atoms with Crippen molar-refractivity contribution in [3.8, 4) is 5.75 Å². The number of para-hydroxylation sites is 1. The first-order chi connectivity index (χ1) is 12.8. The van der Waals surface area contributed by atoms with Gasteiger partial charge in [0.25, 0.3) is 0 Å². The monoisotopic (exact) mass is 344 g/mol. The summed E-state index contributed by atoms with van der Waals surface area (Å²) in [5.74, 6) is 0.855. The van der Waals surface area contributed by atoms with Crippen LogP contribution in [0.1, 0.15) is 24.5 Å². The van der Waals surface area contributed by atoms with E-state index in [1.807, 2.05) is 36.4 Å². The summed E-state index contributed by atoms with van der Waals surface area (Å²) in [6.45, 7) is 2.86. The van der Waals surface area contributed by atoms with E-state index in [-0.39, 0.29) is 0 Å². The van der Waals surface area contributed by atoms with Gasteiger partial charge in [-0.15, -0.1) is 0 Å². The van der Waals surface area contributed by atoms with Crippen LogP contribution in [0.4, 0.5) is 5.69 Å². The standard InChI is InChI=1S/C23H24N2O/c1-3-23(20-14-16-22(26-2)17-15-20)24-25(21-12-8-5-9-13-21)18-19-10-6-4-7-11-19/h4-17H,3,18H2,1-2H3/b24-23-. The molecule has 0 heterocycles. The van der Waals surface area contributed by atoms with Crippen molar-refractivity contribution in [1.29, 1.82) is 0 Å². The van der Waals surface area contributed by atoms with Crippen LogP contribution in [-0.4, -0.2) is 12.8 Å². The molecule has 0 aliphatic heterocycles. The third-order valence-electron chi connectivity index (χ3n) is 4.23. The lowest BCUT2D eigenvalue weighted by Gasteiger charge is -2.21. The highest BCUT2D eigenvalue weighted by Crippen LogP contribution is 2.20. The van der Waals surface area contributed by atoms with Crippen molar-refractivity contribution >= 4 is 11.4 Å². The highest BCUT2D eigenvalue weighted by Gasteiger charge is 2.09. The van der Waals surface area contributed by atoms with E-state index in [2.05, 4.69) is 60.5 Å². The van der Waals surface area contributed by atoms with E-state index in [1.165, 1.54) is 5.56 Å². The zero-order valence-electron chi connectivity index (χ0n) is 15.3. The molecule has 0 saturated heterocycles. The summed E-state index contributed by atoms with van der Waals surface area (Å²) < 4.78 is 5.26. The van der Waals surface area contributed by atoms with Crippen molar-refractivity contribution in [2.45, 2.75) is 19.9 Å². The Morgan fingerprint density at radius 1 is 0.846 bits per heavy atom. The fourth-order valence-electron chi connectivity index (χ4n) is 2.80. The van der Waals surface area contributed by atoms with E-state index in [9.17, 15) is 0 Å². The number of ether oxygens (including phenoxy) is 1. The molecule has 3 aromatic carbocycles. The van der Waals surface area contributed by atoms with Crippen molar-refractivity contribution in [1.82, 2.24) is 0 Å². The van der Waals surface area contributed by atoms with Crippen LogP contribution in [0.3, 0.4) is 0 Å². The summed E-state index contributed by atoms with van der Waals surface area (Å²) in [5, 5.41) is 7.06. The van der Waals surface area contributed by atoms with Crippen molar-refractivity contribution < 1.29 is 4.74 Å². The fraction of sp³-hybridized carbons (Fsp3) is 0.174. The average molecular weight is 344 g/mol. The molecule has 3 rings (SSSR count). The number of hydrogen-bond acceptors (Lipinski definition) is 3. The molecule has 0 fully saturated rings. The average Bonchev–Trinajstić information content (AvgIpc) is 2.72. The first kappa shape index (κ1) is 17.7. The molecule has 26 heavy (non-hydrogen) atoms. The fourth-order valence-corrected chi connectivity index (χ4v) is 2.80. The molecule has 0 saturated carbocycles. The Labute approximate surface area is 155 Å². The SMILES string of the molecule is CC/C(=N/N(Cc1ccccc1)c1ccccc1)c1ccc(OC)cc1. The van der Waals surface area contributed by atoms with Crippen molar-refractivity contribution in [3.63, 3.8) is 0 Å². The van der Waals surface area contributed by atoms with Gasteiger partial charge in [0, 0.05) is 0 Å². The first-order valence-corrected chi connectivity index (χ1v) is 8.88. The van der Waals surface area contributed by atoms with Crippen LogP contribution >= 0.6 is 0 Å². The van der Waals surface area contributed by atoms with Crippen LogP contribution in [0, 0.1) is 0 Å². The minimum atomic E-state index is 0.727. The number of hydrogen-bond donors (Lipinski definition) is 0. The predicted molar refractivity (Wildman–Crippen MR) is 109 cm³/mol. The molecule has 0 atom stereocenters. The molecule has 3 nitrogen and oxygen atoms in total. The van der Waals surface area contributed by atoms with E-state index in [0.29, 0.717) is 0 Å². The summed E-state index contributed by atoms with van der Waals surface area (Å²) in [6.07, 6.45) is 0.852. The third-order valence-corrected chi connectivity index (χ3v) is 4.23. The zero-order chi connectivity index (χ0) is 18.2. The van der Waals surface area contributed by atoms with E-state index >= 15 is 0 Å². The van der Waals surface area contributed by atoms with Gasteiger partial charge in [0.15, 0.2) is 0 Å². The summed E-state index contributed by atoms with van der Waals surface area (Å²) in [6, 6.07) is 28.8. The number of nitrogens with zero attached hydrogens (tertiary/aromatic N) is 2. The van der Waals surface area contributed by atoms with Gasteiger partial charge < -0.3 is 4.74 Å².